The molecule has 0 bridgehead atoms. The molecule has 9 heteroatoms. The van der Waals surface area contributed by atoms with E-state index in [1.807, 2.05) is 48.5 Å². The van der Waals surface area contributed by atoms with Crippen LogP contribution >= 0.6 is 0 Å². The van der Waals surface area contributed by atoms with Crippen LogP contribution < -0.4 is 10.7 Å². The minimum atomic E-state index is -0.347. The van der Waals surface area contributed by atoms with Crippen molar-refractivity contribution in [3.8, 4) is 11.3 Å². The number of aromatic amines is 1. The van der Waals surface area contributed by atoms with Gasteiger partial charge in [0.2, 0.25) is 5.95 Å². The number of fused-ring (bicyclic) bond motifs is 1. The lowest BCUT2D eigenvalue weighted by molar-refractivity contribution is 0.0951. The van der Waals surface area contributed by atoms with E-state index in [0.717, 1.165) is 27.8 Å². The van der Waals surface area contributed by atoms with E-state index >= 15 is 0 Å². The van der Waals surface area contributed by atoms with Crippen LogP contribution in [0.4, 0.5) is 11.6 Å². The van der Waals surface area contributed by atoms with Crippen molar-refractivity contribution in [1.82, 2.24) is 30.3 Å². The maximum absolute atomic E-state index is 12.4. The Bertz CT molecular complexity index is 1430. The lowest BCUT2D eigenvalue weighted by Crippen LogP contribution is -2.17. The van der Waals surface area contributed by atoms with E-state index in [-0.39, 0.29) is 5.91 Å². The largest absolute Gasteiger partial charge is 0.350 e. The van der Waals surface area contributed by atoms with E-state index in [4.69, 9.17) is 0 Å². The molecule has 0 fully saturated rings. The predicted molar refractivity (Wildman–Crippen MR) is 126 cm³/mol. The minimum absolute atomic E-state index is 0.347. The van der Waals surface area contributed by atoms with Gasteiger partial charge in [-0.15, -0.1) is 0 Å². The minimum Gasteiger partial charge on any atom is -0.350 e. The number of hydrogen-bond donors (Lipinski definition) is 3. The van der Waals surface area contributed by atoms with Gasteiger partial charge in [-0.1, -0.05) is 6.07 Å². The zero-order valence-electron chi connectivity index (χ0n) is 17.3. The zero-order valence-corrected chi connectivity index (χ0v) is 17.3. The van der Waals surface area contributed by atoms with Crippen LogP contribution in [-0.4, -0.2) is 37.0 Å². The first kappa shape index (κ1) is 20.0. The molecule has 0 radical (unpaired) electrons. The van der Waals surface area contributed by atoms with Crippen molar-refractivity contribution in [3.05, 3.63) is 96.8 Å². The van der Waals surface area contributed by atoms with Gasteiger partial charge in [-0.05, 0) is 54.6 Å². The molecule has 4 aromatic heterocycles. The molecular formula is C24H18N8O. The third-order valence-electron chi connectivity index (χ3n) is 4.79. The van der Waals surface area contributed by atoms with Gasteiger partial charge in [-0.2, -0.15) is 5.10 Å². The van der Waals surface area contributed by atoms with Crippen LogP contribution in [0.5, 0.6) is 0 Å². The molecule has 0 spiro atoms. The standard InChI is InChI=1S/C24H18N8O/c33-23(32-28-15-19-5-1-2-10-26-19)22-13-17-12-18(6-7-20(17)30-22)29-24-27-11-8-21(31-24)16-4-3-9-25-14-16/h1-15,30H,(H,32,33)(H,27,29,31)/b28-15+. The Morgan fingerprint density at radius 1 is 0.970 bits per heavy atom. The number of H-pyrrole nitrogens is 1. The number of nitrogens with one attached hydrogen (secondary N) is 3. The summed E-state index contributed by atoms with van der Waals surface area (Å²) < 4.78 is 0. The monoisotopic (exact) mass is 434 g/mol. The molecule has 0 aliphatic carbocycles. The quantitative estimate of drug-likeness (QED) is 0.275. The van der Waals surface area contributed by atoms with Crippen molar-refractivity contribution in [2.75, 3.05) is 5.32 Å². The van der Waals surface area contributed by atoms with Gasteiger partial charge in [0.25, 0.3) is 5.91 Å². The van der Waals surface area contributed by atoms with E-state index in [2.05, 4.69) is 40.8 Å². The molecule has 3 N–H and O–H groups in total. The van der Waals surface area contributed by atoms with Gasteiger partial charge >= 0.3 is 0 Å². The number of aromatic nitrogens is 5. The summed E-state index contributed by atoms with van der Waals surface area (Å²) in [5, 5.41) is 8.03. The molecule has 0 saturated carbocycles. The number of benzene rings is 1. The van der Waals surface area contributed by atoms with Gasteiger partial charge in [0.05, 0.1) is 17.6 Å². The summed E-state index contributed by atoms with van der Waals surface area (Å²) >= 11 is 0. The fourth-order valence-electron chi connectivity index (χ4n) is 3.23. The molecule has 0 aliphatic rings. The van der Waals surface area contributed by atoms with Crippen LogP contribution in [-0.2, 0) is 0 Å². The Morgan fingerprint density at radius 3 is 2.79 bits per heavy atom. The van der Waals surface area contributed by atoms with Crippen LogP contribution in [0, 0.1) is 0 Å². The van der Waals surface area contributed by atoms with Crippen molar-refractivity contribution < 1.29 is 4.79 Å². The maximum Gasteiger partial charge on any atom is 0.287 e. The lowest BCUT2D eigenvalue weighted by atomic mass is 10.2. The SMILES string of the molecule is O=C(N/N=C/c1ccccn1)c1cc2cc(Nc3nccc(-c4cccnc4)n3)ccc2[nH]1. The average Bonchev–Trinajstić information content (AvgIpc) is 3.29. The Labute approximate surface area is 188 Å². The first-order valence-electron chi connectivity index (χ1n) is 10.1. The molecule has 0 unspecified atom stereocenters. The molecule has 0 saturated heterocycles. The average molecular weight is 434 g/mol. The van der Waals surface area contributed by atoms with E-state index in [0.29, 0.717) is 17.3 Å². The number of carbonyl (C=O) groups is 1. The number of carbonyl (C=O) groups excluding carboxylic acids is 1. The van der Waals surface area contributed by atoms with Crippen molar-refractivity contribution >= 4 is 34.7 Å². The highest BCUT2D eigenvalue weighted by molar-refractivity contribution is 5.99. The molecule has 0 aliphatic heterocycles. The van der Waals surface area contributed by atoms with Crippen molar-refractivity contribution in [3.63, 3.8) is 0 Å². The number of hydrazone groups is 1. The van der Waals surface area contributed by atoms with Crippen LogP contribution in [0.2, 0.25) is 0 Å². The first-order valence-corrected chi connectivity index (χ1v) is 10.1. The van der Waals surface area contributed by atoms with E-state index in [1.165, 1.54) is 6.21 Å². The van der Waals surface area contributed by atoms with Crippen molar-refractivity contribution in [2.45, 2.75) is 0 Å². The van der Waals surface area contributed by atoms with E-state index < -0.39 is 0 Å². The molecule has 9 nitrogen and oxygen atoms in total. The first-order chi connectivity index (χ1) is 16.2. The molecule has 160 valence electrons. The van der Waals surface area contributed by atoms with Gasteiger partial charge in [0, 0.05) is 46.9 Å². The van der Waals surface area contributed by atoms with Gasteiger partial charge in [-0.3, -0.25) is 14.8 Å². The number of hydrogen-bond acceptors (Lipinski definition) is 7. The van der Waals surface area contributed by atoms with Gasteiger partial charge < -0.3 is 10.3 Å². The second-order valence-corrected chi connectivity index (χ2v) is 7.07. The zero-order chi connectivity index (χ0) is 22.5. The highest BCUT2D eigenvalue weighted by Gasteiger charge is 2.10. The second-order valence-electron chi connectivity index (χ2n) is 7.07. The third-order valence-corrected chi connectivity index (χ3v) is 4.79. The number of amides is 1. The molecule has 5 aromatic rings. The number of nitrogens with zero attached hydrogens (tertiary/aromatic N) is 5. The summed E-state index contributed by atoms with van der Waals surface area (Å²) in [6.07, 6.45) is 8.32. The summed E-state index contributed by atoms with van der Waals surface area (Å²) in [5.41, 5.74) is 6.85. The van der Waals surface area contributed by atoms with Crippen molar-refractivity contribution in [1.29, 1.82) is 0 Å². The summed E-state index contributed by atoms with van der Waals surface area (Å²) in [5.74, 6) is 0.119. The summed E-state index contributed by atoms with van der Waals surface area (Å²) in [6, 6.07) is 18.5. The second kappa shape index (κ2) is 9.06. The highest BCUT2D eigenvalue weighted by atomic mass is 16.2. The number of rotatable bonds is 6. The fraction of sp³-hybridized carbons (Fsp3) is 0. The smallest absolute Gasteiger partial charge is 0.287 e. The van der Waals surface area contributed by atoms with Crippen LogP contribution in [0.1, 0.15) is 16.2 Å². The van der Waals surface area contributed by atoms with Gasteiger partial charge in [-0.25, -0.2) is 15.4 Å². The number of pyridine rings is 2. The van der Waals surface area contributed by atoms with E-state index in [1.54, 1.807) is 36.9 Å². The molecule has 0 atom stereocenters. The summed E-state index contributed by atoms with van der Waals surface area (Å²) in [7, 11) is 0. The highest BCUT2D eigenvalue weighted by Crippen LogP contribution is 2.23. The lowest BCUT2D eigenvalue weighted by Gasteiger charge is -2.06. The molecule has 4 heterocycles. The van der Waals surface area contributed by atoms with Gasteiger partial charge in [0.1, 0.15) is 5.69 Å². The summed E-state index contributed by atoms with van der Waals surface area (Å²) in [6.45, 7) is 0. The topological polar surface area (TPSA) is 121 Å². The van der Waals surface area contributed by atoms with Crippen LogP contribution in [0.15, 0.2) is 90.6 Å². The van der Waals surface area contributed by atoms with Gasteiger partial charge in [0.15, 0.2) is 0 Å². The Morgan fingerprint density at radius 2 is 1.94 bits per heavy atom. The normalized spacial score (nSPS) is 11.0. The maximum atomic E-state index is 12.4. The summed E-state index contributed by atoms with van der Waals surface area (Å²) in [4.78, 5) is 32.6. The molecule has 1 amide bonds. The van der Waals surface area contributed by atoms with Crippen molar-refractivity contribution in [2.24, 2.45) is 5.10 Å². The Hall–Kier alpha value is -4.92. The number of anilines is 2. The molecular weight excluding hydrogens is 416 g/mol. The Kier molecular flexibility index (Phi) is 5.50. The molecule has 5 rings (SSSR count). The van der Waals surface area contributed by atoms with Crippen LogP contribution in [0.25, 0.3) is 22.2 Å². The molecule has 1 aromatic carbocycles. The van der Waals surface area contributed by atoms with Crippen LogP contribution in [0.3, 0.4) is 0 Å². The molecule has 33 heavy (non-hydrogen) atoms. The Balaban J connectivity index is 1.30. The predicted octanol–water partition coefficient (Wildman–Crippen LogP) is 3.92. The fourth-order valence-corrected chi connectivity index (χ4v) is 3.23. The third kappa shape index (κ3) is 4.72. The van der Waals surface area contributed by atoms with E-state index in [9.17, 15) is 4.79 Å².